The Morgan fingerprint density at radius 2 is 1.76 bits per heavy atom. The summed E-state index contributed by atoms with van der Waals surface area (Å²) in [6, 6.07) is 8.15. The summed E-state index contributed by atoms with van der Waals surface area (Å²) in [4.78, 5) is 47.1. The molecule has 8 nitrogen and oxygen atoms in total. The Balaban J connectivity index is 2.46. The van der Waals surface area contributed by atoms with Crippen LogP contribution in [0.15, 0.2) is 30.3 Å². The van der Waals surface area contributed by atoms with Crippen molar-refractivity contribution in [1.29, 1.82) is 0 Å². The quantitative estimate of drug-likeness (QED) is 0.513. The van der Waals surface area contributed by atoms with Crippen LogP contribution in [0, 0.1) is 0 Å². The molecule has 3 amide bonds. The van der Waals surface area contributed by atoms with E-state index in [9.17, 15) is 19.2 Å². The van der Waals surface area contributed by atoms with Gasteiger partial charge in [-0.1, -0.05) is 30.3 Å². The summed E-state index contributed by atoms with van der Waals surface area (Å²) >= 11 is 0. The second-order valence-corrected chi connectivity index (χ2v) is 7.80. The highest BCUT2D eigenvalue weighted by Crippen LogP contribution is 2.06. The van der Waals surface area contributed by atoms with Gasteiger partial charge in [0.25, 0.3) is 0 Å². The molecular weight excluding hydrogens is 374 g/mol. The van der Waals surface area contributed by atoms with Crippen molar-refractivity contribution >= 4 is 24.2 Å². The van der Waals surface area contributed by atoms with Crippen LogP contribution in [0.25, 0.3) is 0 Å². The van der Waals surface area contributed by atoms with E-state index in [1.54, 1.807) is 27.7 Å². The van der Waals surface area contributed by atoms with Crippen molar-refractivity contribution in [3.8, 4) is 0 Å². The number of alkyl carbamates (subject to hydrolysis) is 1. The van der Waals surface area contributed by atoms with Gasteiger partial charge in [-0.05, 0) is 39.7 Å². The lowest BCUT2D eigenvalue weighted by Crippen LogP contribution is -2.51. The molecule has 0 aromatic heterocycles. The maximum atomic E-state index is 12.4. The molecule has 0 aliphatic rings. The number of benzene rings is 1. The molecule has 1 rings (SSSR count). The van der Waals surface area contributed by atoms with E-state index in [-0.39, 0.29) is 25.3 Å². The average molecular weight is 405 g/mol. The summed E-state index contributed by atoms with van der Waals surface area (Å²) in [5.74, 6) is -0.793. The van der Waals surface area contributed by atoms with E-state index in [1.165, 1.54) is 0 Å². The van der Waals surface area contributed by atoms with E-state index in [0.29, 0.717) is 12.7 Å². The first-order chi connectivity index (χ1) is 13.6. The van der Waals surface area contributed by atoms with Gasteiger partial charge in [0.05, 0.1) is 0 Å². The highest BCUT2D eigenvalue weighted by Gasteiger charge is 2.22. The van der Waals surface area contributed by atoms with Crippen molar-refractivity contribution in [2.24, 2.45) is 0 Å². The molecule has 2 atom stereocenters. The van der Waals surface area contributed by atoms with Crippen molar-refractivity contribution in [3.05, 3.63) is 35.9 Å². The van der Waals surface area contributed by atoms with Crippen LogP contribution in [0.5, 0.6) is 0 Å². The number of hydrogen-bond acceptors (Lipinski definition) is 5. The van der Waals surface area contributed by atoms with Crippen molar-refractivity contribution < 1.29 is 23.9 Å². The van der Waals surface area contributed by atoms with Crippen LogP contribution in [0.3, 0.4) is 0 Å². The van der Waals surface area contributed by atoms with Crippen molar-refractivity contribution in [2.45, 2.75) is 64.6 Å². The van der Waals surface area contributed by atoms with Gasteiger partial charge in [-0.2, -0.15) is 0 Å². The van der Waals surface area contributed by atoms with E-state index in [1.807, 2.05) is 30.3 Å². The first-order valence-electron chi connectivity index (χ1n) is 9.65. The molecule has 8 heteroatoms. The van der Waals surface area contributed by atoms with Crippen LogP contribution in [0.4, 0.5) is 4.79 Å². The average Bonchev–Trinajstić information content (AvgIpc) is 2.64. The van der Waals surface area contributed by atoms with E-state index < -0.39 is 29.7 Å². The van der Waals surface area contributed by atoms with Crippen molar-refractivity contribution in [2.75, 3.05) is 6.54 Å². The molecule has 0 radical (unpaired) electrons. The van der Waals surface area contributed by atoms with Crippen LogP contribution in [-0.2, 0) is 25.5 Å². The number of carbonyl (C=O) groups excluding carboxylic acids is 4. The summed E-state index contributed by atoms with van der Waals surface area (Å²) in [6.45, 7) is 7.10. The van der Waals surface area contributed by atoms with Gasteiger partial charge in [-0.3, -0.25) is 9.59 Å². The Labute approximate surface area is 171 Å². The smallest absolute Gasteiger partial charge is 0.407 e. The molecular formula is C21H31N3O5. The summed E-state index contributed by atoms with van der Waals surface area (Å²) in [7, 11) is 0. The minimum absolute atomic E-state index is 0.130. The lowest BCUT2D eigenvalue weighted by atomic mass is 10.1. The zero-order valence-electron chi connectivity index (χ0n) is 17.5. The van der Waals surface area contributed by atoms with Crippen LogP contribution < -0.4 is 16.0 Å². The van der Waals surface area contributed by atoms with Gasteiger partial charge in [0, 0.05) is 25.4 Å². The molecule has 160 valence electrons. The number of carbonyl (C=O) groups is 4. The molecule has 0 heterocycles. The SMILES string of the molecule is CC(CNC(=O)OC(C)(C)C)NC(=O)C(CC=O)NC(=O)CCc1ccccc1. The van der Waals surface area contributed by atoms with Gasteiger partial charge < -0.3 is 25.5 Å². The maximum absolute atomic E-state index is 12.4. The lowest BCUT2D eigenvalue weighted by molar-refractivity contribution is -0.130. The van der Waals surface area contributed by atoms with Crippen LogP contribution >= 0.6 is 0 Å². The molecule has 0 aliphatic heterocycles. The molecule has 1 aromatic rings. The third-order valence-electron chi connectivity index (χ3n) is 3.81. The molecule has 3 N–H and O–H groups in total. The Hall–Kier alpha value is -2.90. The standard InChI is InChI=1S/C21H31N3O5/c1-15(14-22-20(28)29-21(2,3)4)23-19(27)17(12-13-25)24-18(26)11-10-16-8-6-5-7-9-16/h5-9,13,15,17H,10-12,14H2,1-4H3,(H,22,28)(H,23,27)(H,24,26). The van der Waals surface area contributed by atoms with E-state index in [0.717, 1.165) is 5.56 Å². The predicted octanol–water partition coefficient (Wildman–Crippen LogP) is 1.72. The first kappa shape index (κ1) is 24.1. The number of aryl methyl sites for hydroxylation is 1. The molecule has 29 heavy (non-hydrogen) atoms. The largest absolute Gasteiger partial charge is 0.444 e. The highest BCUT2D eigenvalue weighted by atomic mass is 16.6. The summed E-state index contributed by atoms with van der Waals surface area (Å²) in [5, 5.41) is 7.84. The Morgan fingerprint density at radius 1 is 1.10 bits per heavy atom. The van der Waals surface area contributed by atoms with Crippen molar-refractivity contribution in [1.82, 2.24) is 16.0 Å². The fourth-order valence-electron chi connectivity index (χ4n) is 2.44. The number of ether oxygens (including phenoxy) is 1. The normalized spacial score (nSPS) is 13.0. The minimum atomic E-state index is -0.959. The van der Waals surface area contributed by atoms with Crippen molar-refractivity contribution in [3.63, 3.8) is 0 Å². The topological polar surface area (TPSA) is 114 Å². The Kier molecular flexibility index (Phi) is 9.85. The van der Waals surface area contributed by atoms with E-state index >= 15 is 0 Å². The lowest BCUT2D eigenvalue weighted by Gasteiger charge is -2.22. The number of nitrogens with one attached hydrogen (secondary N) is 3. The molecule has 0 saturated carbocycles. The van der Waals surface area contributed by atoms with E-state index in [2.05, 4.69) is 16.0 Å². The molecule has 0 spiro atoms. The van der Waals surface area contributed by atoms with Gasteiger partial charge in [0.2, 0.25) is 11.8 Å². The van der Waals surface area contributed by atoms with Gasteiger partial charge in [0.15, 0.2) is 0 Å². The third kappa shape index (κ3) is 10.9. The van der Waals surface area contributed by atoms with Gasteiger partial charge in [-0.15, -0.1) is 0 Å². The number of aldehydes is 1. The molecule has 2 unspecified atom stereocenters. The molecule has 0 aliphatic carbocycles. The van der Waals surface area contributed by atoms with Crippen LogP contribution in [0.1, 0.15) is 46.1 Å². The zero-order valence-corrected chi connectivity index (χ0v) is 17.5. The molecule has 0 bridgehead atoms. The number of amides is 3. The monoisotopic (exact) mass is 405 g/mol. The van der Waals surface area contributed by atoms with Crippen LogP contribution in [0.2, 0.25) is 0 Å². The predicted molar refractivity (Wildman–Crippen MR) is 109 cm³/mol. The zero-order chi connectivity index (χ0) is 21.9. The number of rotatable bonds is 10. The fraction of sp³-hybridized carbons (Fsp3) is 0.524. The van der Waals surface area contributed by atoms with Crippen LogP contribution in [-0.4, -0.2) is 48.4 Å². The maximum Gasteiger partial charge on any atom is 0.407 e. The Morgan fingerprint density at radius 3 is 2.34 bits per heavy atom. The molecule has 0 fully saturated rings. The molecule has 0 saturated heterocycles. The van der Waals surface area contributed by atoms with Gasteiger partial charge in [0.1, 0.15) is 17.9 Å². The molecule has 1 aromatic carbocycles. The van der Waals surface area contributed by atoms with Gasteiger partial charge in [-0.25, -0.2) is 4.79 Å². The number of hydrogen-bond donors (Lipinski definition) is 3. The van der Waals surface area contributed by atoms with E-state index in [4.69, 9.17) is 4.74 Å². The Bertz CT molecular complexity index is 685. The fourth-order valence-corrected chi connectivity index (χ4v) is 2.44. The summed E-state index contributed by atoms with van der Waals surface area (Å²) < 4.78 is 5.13. The third-order valence-corrected chi connectivity index (χ3v) is 3.81. The second kappa shape index (κ2) is 11.8. The highest BCUT2D eigenvalue weighted by molar-refractivity contribution is 5.89. The minimum Gasteiger partial charge on any atom is -0.444 e. The summed E-state index contributed by atoms with van der Waals surface area (Å²) in [6.07, 6.45) is 0.624. The summed E-state index contributed by atoms with van der Waals surface area (Å²) in [5.41, 5.74) is 0.399. The van der Waals surface area contributed by atoms with Gasteiger partial charge >= 0.3 is 6.09 Å². The second-order valence-electron chi connectivity index (χ2n) is 7.80. The first-order valence-corrected chi connectivity index (χ1v) is 9.65.